The molecule has 3 N–H and O–H groups in total. The highest BCUT2D eigenvalue weighted by molar-refractivity contribution is 5.88. The smallest absolute Gasteiger partial charge is 0.249 e. The quantitative estimate of drug-likeness (QED) is 0.825. The number of rotatable bonds is 5. The van der Waals surface area contributed by atoms with E-state index in [4.69, 9.17) is 10.5 Å². The molecule has 0 aromatic heterocycles. The first-order valence-corrected chi connectivity index (χ1v) is 6.52. The molecule has 1 aromatic rings. The van der Waals surface area contributed by atoms with E-state index in [0.29, 0.717) is 18.6 Å². The first-order chi connectivity index (χ1) is 9.56. The fourth-order valence-corrected chi connectivity index (χ4v) is 2.17. The summed E-state index contributed by atoms with van der Waals surface area (Å²) in [5.74, 6) is -1.39. The second-order valence-corrected chi connectivity index (χ2v) is 4.80. The number of carbonyl (C=O) groups excluding carboxylic acids is 2. The molecule has 0 unspecified atom stereocenters. The van der Waals surface area contributed by atoms with Crippen LogP contribution in [-0.4, -0.2) is 30.6 Å². The number of nitrogens with two attached hydrogens (primary N) is 1. The number of carbonyl (C=O) groups is 2. The second-order valence-electron chi connectivity index (χ2n) is 4.80. The number of amides is 2. The zero-order chi connectivity index (χ0) is 14.5. The molecule has 2 amide bonds. The van der Waals surface area contributed by atoms with Crippen molar-refractivity contribution >= 4 is 11.8 Å². The standard InChI is InChI=1S/C14H17FN2O3/c15-10-4-1-3-9(7-10)8-11(13(16)18)17-14(19)12-5-2-6-20-12/h1,3-4,7,11-12H,2,5-6,8H2,(H2,16,18)(H,17,19)/t11-,12-/m1/s1. The van der Waals surface area contributed by atoms with E-state index < -0.39 is 23.9 Å². The van der Waals surface area contributed by atoms with Crippen molar-refractivity contribution in [3.05, 3.63) is 35.6 Å². The minimum Gasteiger partial charge on any atom is -0.368 e. The van der Waals surface area contributed by atoms with Crippen LogP contribution in [0.25, 0.3) is 0 Å². The topological polar surface area (TPSA) is 81.4 Å². The van der Waals surface area contributed by atoms with E-state index in [1.807, 2.05) is 0 Å². The van der Waals surface area contributed by atoms with Gasteiger partial charge in [-0.05, 0) is 30.5 Å². The van der Waals surface area contributed by atoms with E-state index >= 15 is 0 Å². The van der Waals surface area contributed by atoms with Gasteiger partial charge in [-0.15, -0.1) is 0 Å². The Kier molecular flexibility index (Phi) is 4.68. The lowest BCUT2D eigenvalue weighted by molar-refractivity contribution is -0.133. The van der Waals surface area contributed by atoms with Gasteiger partial charge < -0.3 is 15.8 Å². The fourth-order valence-electron chi connectivity index (χ4n) is 2.17. The molecular formula is C14H17FN2O3. The number of primary amides is 1. The molecule has 1 saturated heterocycles. The number of benzene rings is 1. The summed E-state index contributed by atoms with van der Waals surface area (Å²) in [6, 6.07) is 4.98. The Morgan fingerprint density at radius 1 is 1.50 bits per heavy atom. The van der Waals surface area contributed by atoms with Crippen molar-refractivity contribution in [2.45, 2.75) is 31.4 Å². The molecule has 1 aromatic carbocycles. The largest absolute Gasteiger partial charge is 0.368 e. The van der Waals surface area contributed by atoms with Crippen LogP contribution in [0.3, 0.4) is 0 Å². The van der Waals surface area contributed by atoms with Crippen LogP contribution in [0.1, 0.15) is 18.4 Å². The van der Waals surface area contributed by atoms with Gasteiger partial charge in [-0.2, -0.15) is 0 Å². The maximum atomic E-state index is 13.1. The molecule has 0 spiro atoms. The van der Waals surface area contributed by atoms with E-state index in [2.05, 4.69) is 5.32 Å². The van der Waals surface area contributed by atoms with Crippen LogP contribution < -0.4 is 11.1 Å². The Balaban J connectivity index is 2.00. The summed E-state index contributed by atoms with van der Waals surface area (Å²) >= 11 is 0. The fraction of sp³-hybridized carbons (Fsp3) is 0.429. The van der Waals surface area contributed by atoms with Crippen molar-refractivity contribution < 1.29 is 18.7 Å². The Bertz CT molecular complexity index is 501. The van der Waals surface area contributed by atoms with Crippen LogP contribution in [0.15, 0.2) is 24.3 Å². The van der Waals surface area contributed by atoms with E-state index in [-0.39, 0.29) is 12.3 Å². The molecule has 1 aliphatic heterocycles. The Hall–Kier alpha value is -1.95. The zero-order valence-electron chi connectivity index (χ0n) is 11.0. The molecular weight excluding hydrogens is 263 g/mol. The lowest BCUT2D eigenvalue weighted by atomic mass is 10.0. The highest BCUT2D eigenvalue weighted by Crippen LogP contribution is 2.13. The predicted octanol–water partition coefficient (Wildman–Crippen LogP) is 0.517. The van der Waals surface area contributed by atoms with Gasteiger partial charge in [0.15, 0.2) is 0 Å². The average Bonchev–Trinajstić information content (AvgIpc) is 2.91. The van der Waals surface area contributed by atoms with Crippen LogP contribution in [0.4, 0.5) is 4.39 Å². The van der Waals surface area contributed by atoms with Gasteiger partial charge in [0.1, 0.15) is 18.0 Å². The molecule has 2 atom stereocenters. The van der Waals surface area contributed by atoms with Gasteiger partial charge in [0.25, 0.3) is 0 Å². The van der Waals surface area contributed by atoms with Crippen LogP contribution >= 0.6 is 0 Å². The molecule has 5 nitrogen and oxygen atoms in total. The molecule has 20 heavy (non-hydrogen) atoms. The maximum absolute atomic E-state index is 13.1. The van der Waals surface area contributed by atoms with Crippen molar-refractivity contribution in [2.24, 2.45) is 5.73 Å². The van der Waals surface area contributed by atoms with Crippen molar-refractivity contribution in [3.8, 4) is 0 Å². The van der Waals surface area contributed by atoms with E-state index in [9.17, 15) is 14.0 Å². The Morgan fingerprint density at radius 2 is 2.30 bits per heavy atom. The van der Waals surface area contributed by atoms with Crippen molar-refractivity contribution in [3.63, 3.8) is 0 Å². The summed E-state index contributed by atoms with van der Waals surface area (Å²) in [4.78, 5) is 23.3. The lowest BCUT2D eigenvalue weighted by Gasteiger charge is -2.18. The molecule has 1 aliphatic rings. The first kappa shape index (κ1) is 14.5. The van der Waals surface area contributed by atoms with E-state index in [1.165, 1.54) is 12.1 Å². The summed E-state index contributed by atoms with van der Waals surface area (Å²) in [6.07, 6.45) is 1.09. The molecule has 108 valence electrons. The molecule has 0 saturated carbocycles. The number of nitrogens with one attached hydrogen (secondary N) is 1. The van der Waals surface area contributed by atoms with Gasteiger partial charge in [-0.1, -0.05) is 12.1 Å². The summed E-state index contributed by atoms with van der Waals surface area (Å²) in [6.45, 7) is 0.545. The third-order valence-corrected chi connectivity index (χ3v) is 3.21. The molecule has 1 heterocycles. The van der Waals surface area contributed by atoms with Gasteiger partial charge in [-0.25, -0.2) is 4.39 Å². The van der Waals surface area contributed by atoms with Crippen LogP contribution in [0.2, 0.25) is 0 Å². The maximum Gasteiger partial charge on any atom is 0.249 e. The summed E-state index contributed by atoms with van der Waals surface area (Å²) in [5, 5.41) is 2.57. The molecule has 1 fully saturated rings. The highest BCUT2D eigenvalue weighted by atomic mass is 19.1. The van der Waals surface area contributed by atoms with Gasteiger partial charge in [0, 0.05) is 13.0 Å². The van der Waals surface area contributed by atoms with Gasteiger partial charge in [0.2, 0.25) is 11.8 Å². The average molecular weight is 280 g/mol. The van der Waals surface area contributed by atoms with E-state index in [0.717, 1.165) is 6.42 Å². The lowest BCUT2D eigenvalue weighted by Crippen LogP contribution is -2.49. The Morgan fingerprint density at radius 3 is 2.90 bits per heavy atom. The van der Waals surface area contributed by atoms with Crippen LogP contribution in [0, 0.1) is 5.82 Å². The first-order valence-electron chi connectivity index (χ1n) is 6.52. The second kappa shape index (κ2) is 6.47. The third-order valence-electron chi connectivity index (χ3n) is 3.21. The zero-order valence-corrected chi connectivity index (χ0v) is 11.0. The van der Waals surface area contributed by atoms with Crippen LogP contribution in [0.5, 0.6) is 0 Å². The van der Waals surface area contributed by atoms with Crippen LogP contribution in [-0.2, 0) is 20.7 Å². The van der Waals surface area contributed by atoms with Gasteiger partial charge in [-0.3, -0.25) is 9.59 Å². The predicted molar refractivity (Wildman–Crippen MR) is 70.2 cm³/mol. The minimum atomic E-state index is -0.867. The molecule has 0 aliphatic carbocycles. The SMILES string of the molecule is NC(=O)[C@@H](Cc1cccc(F)c1)NC(=O)[C@H]1CCCO1. The third kappa shape index (κ3) is 3.77. The van der Waals surface area contributed by atoms with E-state index in [1.54, 1.807) is 12.1 Å². The van der Waals surface area contributed by atoms with Crippen molar-refractivity contribution in [1.29, 1.82) is 0 Å². The molecule has 2 rings (SSSR count). The molecule has 0 radical (unpaired) electrons. The number of hydrogen-bond acceptors (Lipinski definition) is 3. The van der Waals surface area contributed by atoms with Gasteiger partial charge in [0.05, 0.1) is 0 Å². The summed E-state index contributed by atoms with van der Waals surface area (Å²) < 4.78 is 18.3. The number of hydrogen-bond donors (Lipinski definition) is 2. The molecule has 6 heteroatoms. The summed E-state index contributed by atoms with van der Waals surface area (Å²) in [5.41, 5.74) is 5.88. The summed E-state index contributed by atoms with van der Waals surface area (Å²) in [7, 11) is 0. The molecule has 0 bridgehead atoms. The number of halogens is 1. The van der Waals surface area contributed by atoms with Gasteiger partial charge >= 0.3 is 0 Å². The monoisotopic (exact) mass is 280 g/mol. The van der Waals surface area contributed by atoms with Crippen molar-refractivity contribution in [1.82, 2.24) is 5.32 Å². The Labute approximate surface area is 116 Å². The number of ether oxygens (including phenoxy) is 1. The minimum absolute atomic E-state index is 0.158. The van der Waals surface area contributed by atoms with Crippen molar-refractivity contribution in [2.75, 3.05) is 6.61 Å². The highest BCUT2D eigenvalue weighted by Gasteiger charge is 2.27. The normalized spacial score (nSPS) is 19.6.